The third kappa shape index (κ3) is 6.55. The van der Waals surface area contributed by atoms with Crippen molar-refractivity contribution in [2.75, 3.05) is 59.5 Å². The van der Waals surface area contributed by atoms with Crippen LogP contribution in [0, 0.1) is 0 Å². The predicted molar refractivity (Wildman–Crippen MR) is 104 cm³/mol. The summed E-state index contributed by atoms with van der Waals surface area (Å²) in [4.78, 5) is 9.71. The molecule has 0 aromatic heterocycles. The highest BCUT2D eigenvalue weighted by molar-refractivity contribution is 5.79. The van der Waals surface area contributed by atoms with Gasteiger partial charge in [0.1, 0.15) is 5.75 Å². The minimum absolute atomic E-state index is 0.606. The van der Waals surface area contributed by atoms with E-state index in [1.807, 2.05) is 18.2 Å². The van der Waals surface area contributed by atoms with Crippen LogP contribution in [0.5, 0.6) is 5.75 Å². The molecule has 25 heavy (non-hydrogen) atoms. The number of nitrogens with one attached hydrogen (secondary N) is 2. The van der Waals surface area contributed by atoms with Crippen molar-refractivity contribution < 1.29 is 4.74 Å². The fourth-order valence-corrected chi connectivity index (χ4v) is 3.00. The summed E-state index contributed by atoms with van der Waals surface area (Å²) in [7, 11) is 1.70. The Morgan fingerprint density at radius 2 is 1.80 bits per heavy atom. The van der Waals surface area contributed by atoms with E-state index < -0.39 is 0 Å². The summed E-state index contributed by atoms with van der Waals surface area (Å²) in [6.45, 7) is 13.6. The van der Waals surface area contributed by atoms with Crippen LogP contribution in [0.2, 0.25) is 0 Å². The van der Waals surface area contributed by atoms with E-state index in [0.29, 0.717) is 6.54 Å². The number of methoxy groups -OCH3 is 1. The molecule has 1 fully saturated rings. The van der Waals surface area contributed by atoms with Gasteiger partial charge in [-0.3, -0.25) is 4.90 Å². The van der Waals surface area contributed by atoms with Gasteiger partial charge in [-0.05, 0) is 19.5 Å². The van der Waals surface area contributed by atoms with Crippen molar-refractivity contribution >= 4 is 5.96 Å². The average Bonchev–Trinajstić information content (AvgIpc) is 2.66. The lowest BCUT2D eigenvalue weighted by Gasteiger charge is -2.34. The Balaban J connectivity index is 1.80. The number of guanidine groups is 1. The lowest BCUT2D eigenvalue weighted by atomic mass is 10.2. The van der Waals surface area contributed by atoms with E-state index in [2.05, 4.69) is 45.3 Å². The van der Waals surface area contributed by atoms with Gasteiger partial charge in [0.2, 0.25) is 0 Å². The third-order valence-corrected chi connectivity index (χ3v) is 4.58. The number of hydrogen-bond acceptors (Lipinski definition) is 4. The van der Waals surface area contributed by atoms with Crippen LogP contribution in [0.15, 0.2) is 29.3 Å². The van der Waals surface area contributed by atoms with E-state index in [4.69, 9.17) is 4.74 Å². The van der Waals surface area contributed by atoms with E-state index >= 15 is 0 Å². The molecule has 0 radical (unpaired) electrons. The highest BCUT2D eigenvalue weighted by atomic mass is 16.5. The van der Waals surface area contributed by atoms with Crippen LogP contribution in [0.3, 0.4) is 0 Å². The van der Waals surface area contributed by atoms with Crippen LogP contribution in [0.25, 0.3) is 0 Å². The monoisotopic (exact) mass is 347 g/mol. The van der Waals surface area contributed by atoms with Gasteiger partial charge in [0, 0.05) is 51.4 Å². The molecule has 6 heteroatoms. The summed E-state index contributed by atoms with van der Waals surface area (Å²) >= 11 is 0. The van der Waals surface area contributed by atoms with Crippen LogP contribution >= 0.6 is 0 Å². The molecule has 0 atom stereocenters. The molecule has 2 N–H and O–H groups in total. The van der Waals surface area contributed by atoms with Crippen molar-refractivity contribution in [1.82, 2.24) is 20.4 Å². The molecule has 6 nitrogen and oxygen atoms in total. The number of piperazine rings is 1. The second-order valence-corrected chi connectivity index (χ2v) is 6.21. The first-order valence-corrected chi connectivity index (χ1v) is 9.35. The Hall–Kier alpha value is -1.79. The highest BCUT2D eigenvalue weighted by Gasteiger charge is 2.14. The largest absolute Gasteiger partial charge is 0.496 e. The van der Waals surface area contributed by atoms with Crippen molar-refractivity contribution in [3.8, 4) is 5.75 Å². The Bertz CT molecular complexity index is 526. The average molecular weight is 348 g/mol. The lowest BCUT2D eigenvalue weighted by molar-refractivity contribution is 0.139. The molecule has 1 aliphatic rings. The predicted octanol–water partition coefficient (Wildman–Crippen LogP) is 1.39. The molecule has 1 saturated heterocycles. The number of para-hydroxylation sites is 1. The minimum Gasteiger partial charge on any atom is -0.496 e. The van der Waals surface area contributed by atoms with Gasteiger partial charge in [-0.1, -0.05) is 25.1 Å². The quantitative estimate of drug-likeness (QED) is 0.550. The fourth-order valence-electron chi connectivity index (χ4n) is 3.00. The van der Waals surface area contributed by atoms with Gasteiger partial charge in [0.15, 0.2) is 5.96 Å². The van der Waals surface area contributed by atoms with Gasteiger partial charge in [0.05, 0.1) is 13.7 Å². The Kier molecular flexibility index (Phi) is 8.55. The van der Waals surface area contributed by atoms with Crippen molar-refractivity contribution in [2.45, 2.75) is 20.4 Å². The molecule has 0 aliphatic carbocycles. The second kappa shape index (κ2) is 10.9. The normalized spacial score (nSPS) is 16.7. The number of hydrogen-bond donors (Lipinski definition) is 2. The molecule has 1 heterocycles. The van der Waals surface area contributed by atoms with Crippen LogP contribution in [0.4, 0.5) is 0 Å². The van der Waals surface area contributed by atoms with Crippen molar-refractivity contribution in [3.63, 3.8) is 0 Å². The molecule has 0 saturated carbocycles. The van der Waals surface area contributed by atoms with Crippen LogP contribution in [-0.4, -0.2) is 75.2 Å². The molecule has 0 amide bonds. The van der Waals surface area contributed by atoms with Gasteiger partial charge < -0.3 is 20.3 Å². The number of rotatable bonds is 8. The van der Waals surface area contributed by atoms with E-state index in [1.54, 1.807) is 7.11 Å². The van der Waals surface area contributed by atoms with Gasteiger partial charge in [-0.25, -0.2) is 4.99 Å². The molecule has 1 aromatic rings. The van der Waals surface area contributed by atoms with Crippen LogP contribution < -0.4 is 15.4 Å². The maximum absolute atomic E-state index is 5.40. The molecule has 0 unspecified atom stereocenters. The van der Waals surface area contributed by atoms with Gasteiger partial charge in [0.25, 0.3) is 0 Å². The second-order valence-electron chi connectivity index (χ2n) is 6.21. The smallest absolute Gasteiger partial charge is 0.191 e. The van der Waals surface area contributed by atoms with E-state index in [0.717, 1.165) is 56.5 Å². The maximum atomic E-state index is 5.40. The van der Waals surface area contributed by atoms with E-state index in [1.165, 1.54) is 13.1 Å². The van der Waals surface area contributed by atoms with Gasteiger partial charge in [-0.2, -0.15) is 0 Å². The van der Waals surface area contributed by atoms with E-state index in [-0.39, 0.29) is 0 Å². The molecule has 1 aromatic carbocycles. The molecule has 140 valence electrons. The summed E-state index contributed by atoms with van der Waals surface area (Å²) in [6, 6.07) is 8.03. The molecular formula is C19H33N5O. The van der Waals surface area contributed by atoms with Crippen LogP contribution in [-0.2, 0) is 6.54 Å². The number of aliphatic imine (C=N–C) groups is 1. The van der Waals surface area contributed by atoms with Crippen molar-refractivity contribution in [1.29, 1.82) is 0 Å². The summed E-state index contributed by atoms with van der Waals surface area (Å²) in [5.74, 6) is 1.75. The lowest BCUT2D eigenvalue weighted by Crippen LogP contribution is -2.49. The first-order valence-electron chi connectivity index (χ1n) is 9.35. The Labute approximate surface area is 152 Å². The third-order valence-electron chi connectivity index (χ3n) is 4.58. The summed E-state index contributed by atoms with van der Waals surface area (Å²) in [5.41, 5.74) is 1.10. The van der Waals surface area contributed by atoms with Gasteiger partial charge in [-0.15, -0.1) is 0 Å². The Morgan fingerprint density at radius 1 is 1.08 bits per heavy atom. The highest BCUT2D eigenvalue weighted by Crippen LogP contribution is 2.17. The van der Waals surface area contributed by atoms with Crippen LogP contribution in [0.1, 0.15) is 19.4 Å². The zero-order valence-corrected chi connectivity index (χ0v) is 15.9. The minimum atomic E-state index is 0.606. The topological polar surface area (TPSA) is 52.1 Å². The summed E-state index contributed by atoms with van der Waals surface area (Å²) in [5, 5.41) is 6.76. The number of likely N-dealkylation sites (N-methyl/N-ethyl adjacent to an activating group) is 1. The molecule has 0 bridgehead atoms. The fraction of sp³-hybridized carbons (Fsp3) is 0.632. The van der Waals surface area contributed by atoms with E-state index in [9.17, 15) is 0 Å². The number of ether oxygens (including phenoxy) is 1. The molecule has 0 spiro atoms. The maximum Gasteiger partial charge on any atom is 0.191 e. The van der Waals surface area contributed by atoms with Gasteiger partial charge >= 0.3 is 0 Å². The standard InChI is InChI=1S/C19H33N5O/c1-4-20-19(22-16-17-8-6-7-9-18(17)25-3)21-10-11-24-14-12-23(5-2)13-15-24/h6-9H,4-5,10-16H2,1-3H3,(H2,20,21,22). The van der Waals surface area contributed by atoms with Crippen molar-refractivity contribution in [3.05, 3.63) is 29.8 Å². The number of nitrogens with zero attached hydrogens (tertiary/aromatic N) is 3. The molecule has 1 aliphatic heterocycles. The molecule has 2 rings (SSSR count). The first-order chi connectivity index (χ1) is 12.3. The summed E-state index contributed by atoms with van der Waals surface area (Å²) in [6.07, 6.45) is 0. The SMILES string of the molecule is CCNC(=NCc1ccccc1OC)NCCN1CCN(CC)CC1. The van der Waals surface area contributed by atoms with Crippen molar-refractivity contribution in [2.24, 2.45) is 4.99 Å². The first kappa shape index (κ1) is 19.5. The zero-order valence-electron chi connectivity index (χ0n) is 15.9. The number of benzene rings is 1. The Morgan fingerprint density at radius 3 is 2.48 bits per heavy atom. The molecular weight excluding hydrogens is 314 g/mol. The zero-order chi connectivity index (χ0) is 17.9. The summed E-state index contributed by atoms with van der Waals surface area (Å²) < 4.78 is 5.40.